The molecule has 5 nitrogen and oxygen atoms in total. The molecule has 0 bridgehead atoms. The van der Waals surface area contributed by atoms with Crippen LogP contribution in [0.5, 0.6) is 0 Å². The highest BCUT2D eigenvalue weighted by atomic mass is 16.6. The lowest BCUT2D eigenvalue weighted by atomic mass is 9.84. The van der Waals surface area contributed by atoms with Crippen molar-refractivity contribution in [2.24, 2.45) is 5.41 Å². The van der Waals surface area contributed by atoms with Gasteiger partial charge >= 0.3 is 12.1 Å². The molecule has 1 aliphatic heterocycles. The summed E-state index contributed by atoms with van der Waals surface area (Å²) >= 11 is 0. The van der Waals surface area contributed by atoms with Crippen LogP contribution < -0.4 is 0 Å². The molecule has 0 aromatic heterocycles. The smallest absolute Gasteiger partial charge is 0.410 e. The fourth-order valence-corrected chi connectivity index (χ4v) is 4.05. The quantitative estimate of drug-likeness (QED) is 0.734. The third kappa shape index (κ3) is 4.50. The molecule has 0 spiro atoms. The molecule has 1 N–H and O–H groups in total. The summed E-state index contributed by atoms with van der Waals surface area (Å²) in [6.07, 6.45) is -0.367. The molecule has 2 aromatic carbocycles. The van der Waals surface area contributed by atoms with Crippen LogP contribution in [-0.4, -0.2) is 28.7 Å². The topological polar surface area (TPSA) is 66.8 Å². The summed E-state index contributed by atoms with van der Waals surface area (Å²) in [6, 6.07) is 8.16. The van der Waals surface area contributed by atoms with Gasteiger partial charge in [-0.3, -0.25) is 9.69 Å². The molecule has 0 saturated carbocycles. The van der Waals surface area contributed by atoms with E-state index in [1.54, 1.807) is 4.90 Å². The van der Waals surface area contributed by atoms with E-state index in [1.165, 1.54) is 0 Å². The Labute approximate surface area is 178 Å². The van der Waals surface area contributed by atoms with E-state index in [1.807, 2.05) is 65.8 Å². The maximum atomic E-state index is 12.6. The van der Waals surface area contributed by atoms with Crippen molar-refractivity contribution in [3.63, 3.8) is 0 Å². The van der Waals surface area contributed by atoms with Gasteiger partial charge in [-0.25, -0.2) is 4.79 Å². The SMILES string of the molecule is Cc1ccc(-c2c(C)c3c(c(C)c2CC(=O)O)CN(C(=O)OCC(C)(C)C)C3)cc1. The van der Waals surface area contributed by atoms with Crippen molar-refractivity contribution in [2.45, 2.75) is 61.1 Å². The summed E-state index contributed by atoms with van der Waals surface area (Å²) in [5.74, 6) is -0.856. The number of carboxylic acids is 1. The highest BCUT2D eigenvalue weighted by Crippen LogP contribution is 2.39. The van der Waals surface area contributed by atoms with Gasteiger partial charge in [0.05, 0.1) is 13.0 Å². The molecule has 0 unspecified atom stereocenters. The normalized spacial score (nSPS) is 13.3. The van der Waals surface area contributed by atoms with E-state index >= 15 is 0 Å². The second-order valence-corrected chi connectivity index (χ2v) is 9.47. The third-order valence-corrected chi connectivity index (χ3v) is 5.65. The van der Waals surface area contributed by atoms with Gasteiger partial charge in [-0.2, -0.15) is 0 Å². The third-order valence-electron chi connectivity index (χ3n) is 5.65. The number of amides is 1. The van der Waals surface area contributed by atoms with Crippen LogP contribution in [0.15, 0.2) is 24.3 Å². The lowest BCUT2D eigenvalue weighted by Gasteiger charge is -2.21. The zero-order chi connectivity index (χ0) is 22.2. The standard InChI is InChI=1S/C25H31NO4/c1-15-7-9-18(10-8-15)23-17(3)21-13-26(24(29)30-14-25(4,5)6)12-20(21)16(2)19(23)11-22(27)28/h7-10H,11-14H2,1-6H3,(H,27,28). The van der Waals surface area contributed by atoms with Gasteiger partial charge in [0.2, 0.25) is 0 Å². The van der Waals surface area contributed by atoms with Crippen molar-refractivity contribution >= 4 is 12.1 Å². The minimum absolute atomic E-state index is 0.0440. The lowest BCUT2D eigenvalue weighted by Crippen LogP contribution is -2.29. The summed E-state index contributed by atoms with van der Waals surface area (Å²) in [6.45, 7) is 13.4. The second-order valence-electron chi connectivity index (χ2n) is 9.47. The summed E-state index contributed by atoms with van der Waals surface area (Å²) in [5.41, 5.74) is 8.02. The number of benzene rings is 2. The molecule has 0 fully saturated rings. The van der Waals surface area contributed by atoms with Crippen LogP contribution in [-0.2, 0) is 29.0 Å². The number of carboxylic acid groups (broad SMARTS) is 1. The predicted molar refractivity (Wildman–Crippen MR) is 117 cm³/mol. The van der Waals surface area contributed by atoms with E-state index in [0.717, 1.165) is 44.5 Å². The van der Waals surface area contributed by atoms with Gasteiger partial charge in [0.1, 0.15) is 0 Å². The van der Waals surface area contributed by atoms with Gasteiger partial charge < -0.3 is 9.84 Å². The number of nitrogens with zero attached hydrogens (tertiary/aromatic N) is 1. The van der Waals surface area contributed by atoms with Crippen LogP contribution in [0.2, 0.25) is 0 Å². The Morgan fingerprint density at radius 3 is 2.10 bits per heavy atom. The van der Waals surface area contributed by atoms with Gasteiger partial charge in [-0.05, 0) is 65.1 Å². The Hall–Kier alpha value is -2.82. The number of carbonyl (C=O) groups is 2. The number of carbonyl (C=O) groups excluding carboxylic acids is 1. The van der Waals surface area contributed by atoms with Crippen molar-refractivity contribution < 1.29 is 19.4 Å². The summed E-state index contributed by atoms with van der Waals surface area (Å²) in [5, 5.41) is 9.55. The van der Waals surface area contributed by atoms with Gasteiger partial charge in [0, 0.05) is 13.1 Å². The number of aryl methyl sites for hydroxylation is 1. The Kier molecular flexibility index (Phi) is 5.93. The van der Waals surface area contributed by atoms with Crippen molar-refractivity contribution in [2.75, 3.05) is 6.61 Å². The molecule has 2 aromatic rings. The molecule has 30 heavy (non-hydrogen) atoms. The summed E-state index contributed by atoms with van der Waals surface area (Å²) in [7, 11) is 0. The molecule has 0 atom stereocenters. The monoisotopic (exact) mass is 409 g/mol. The highest BCUT2D eigenvalue weighted by Gasteiger charge is 2.31. The Balaban J connectivity index is 2.03. The number of fused-ring (bicyclic) bond motifs is 1. The van der Waals surface area contributed by atoms with Crippen molar-refractivity contribution in [3.05, 3.63) is 57.6 Å². The van der Waals surface area contributed by atoms with Crippen molar-refractivity contribution in [3.8, 4) is 11.1 Å². The van der Waals surface area contributed by atoms with Gasteiger partial charge in [-0.1, -0.05) is 50.6 Å². The molecule has 160 valence electrons. The molecular weight excluding hydrogens is 378 g/mol. The zero-order valence-electron chi connectivity index (χ0n) is 18.8. The van der Waals surface area contributed by atoms with Crippen LogP contribution in [0.3, 0.4) is 0 Å². The molecular formula is C25H31NO4. The first-order chi connectivity index (χ1) is 14.0. The zero-order valence-corrected chi connectivity index (χ0v) is 18.8. The summed E-state index contributed by atoms with van der Waals surface area (Å²) < 4.78 is 5.52. The number of ether oxygens (including phenoxy) is 1. The molecule has 0 aliphatic carbocycles. The van der Waals surface area contributed by atoms with E-state index in [9.17, 15) is 14.7 Å². The van der Waals surface area contributed by atoms with E-state index in [0.29, 0.717) is 19.7 Å². The van der Waals surface area contributed by atoms with Crippen molar-refractivity contribution in [1.29, 1.82) is 0 Å². The van der Waals surface area contributed by atoms with Crippen LogP contribution >= 0.6 is 0 Å². The second kappa shape index (κ2) is 8.13. The first-order valence-corrected chi connectivity index (χ1v) is 10.3. The lowest BCUT2D eigenvalue weighted by molar-refractivity contribution is -0.136. The largest absolute Gasteiger partial charge is 0.481 e. The van der Waals surface area contributed by atoms with Crippen LogP contribution in [0.1, 0.15) is 54.2 Å². The summed E-state index contributed by atoms with van der Waals surface area (Å²) in [4.78, 5) is 26.0. The Bertz CT molecular complexity index is 984. The first kappa shape index (κ1) is 21.9. The van der Waals surface area contributed by atoms with E-state index in [-0.39, 0.29) is 17.9 Å². The van der Waals surface area contributed by atoms with Gasteiger partial charge in [0.15, 0.2) is 0 Å². The molecule has 1 amide bonds. The fraction of sp³-hybridized carbons (Fsp3) is 0.440. The fourth-order valence-electron chi connectivity index (χ4n) is 4.05. The predicted octanol–water partition coefficient (Wildman–Crippen LogP) is 5.40. The minimum atomic E-state index is -0.856. The highest BCUT2D eigenvalue weighted by molar-refractivity contribution is 5.82. The number of hydrogen-bond acceptors (Lipinski definition) is 3. The number of aliphatic carboxylic acids is 1. The Morgan fingerprint density at radius 2 is 1.57 bits per heavy atom. The average molecular weight is 410 g/mol. The first-order valence-electron chi connectivity index (χ1n) is 10.3. The van der Waals surface area contributed by atoms with Gasteiger partial charge in [-0.15, -0.1) is 0 Å². The molecule has 0 radical (unpaired) electrons. The molecule has 5 heteroatoms. The molecule has 3 rings (SSSR count). The van der Waals surface area contributed by atoms with E-state index in [4.69, 9.17) is 4.74 Å². The van der Waals surface area contributed by atoms with Crippen LogP contribution in [0, 0.1) is 26.2 Å². The molecule has 1 heterocycles. The van der Waals surface area contributed by atoms with Gasteiger partial charge in [0.25, 0.3) is 0 Å². The average Bonchev–Trinajstić information content (AvgIpc) is 3.10. The Morgan fingerprint density at radius 1 is 1.00 bits per heavy atom. The van der Waals surface area contributed by atoms with E-state index < -0.39 is 5.97 Å². The van der Waals surface area contributed by atoms with Crippen molar-refractivity contribution in [1.82, 2.24) is 4.90 Å². The maximum absolute atomic E-state index is 12.6. The number of hydrogen-bond donors (Lipinski definition) is 1. The number of rotatable bonds is 4. The molecule has 1 aliphatic rings. The molecule has 0 saturated heterocycles. The van der Waals surface area contributed by atoms with E-state index in [2.05, 4.69) is 0 Å². The maximum Gasteiger partial charge on any atom is 0.410 e. The van der Waals surface area contributed by atoms with Crippen LogP contribution in [0.4, 0.5) is 4.79 Å². The van der Waals surface area contributed by atoms with Crippen LogP contribution in [0.25, 0.3) is 11.1 Å². The minimum Gasteiger partial charge on any atom is -0.481 e.